The Morgan fingerprint density at radius 2 is 2.16 bits per heavy atom. The van der Waals surface area contributed by atoms with Crippen molar-refractivity contribution in [2.45, 2.75) is 19.3 Å². The van der Waals surface area contributed by atoms with Gasteiger partial charge in [0.1, 0.15) is 5.82 Å². The highest BCUT2D eigenvalue weighted by molar-refractivity contribution is 5.90. The Kier molecular flexibility index (Phi) is 4.48. The quantitative estimate of drug-likeness (QED) is 0.856. The fraction of sp³-hybridized carbons (Fsp3) is 0.500. The molecule has 4 rings (SSSR count). The Hall–Kier alpha value is -2.28. The van der Waals surface area contributed by atoms with Gasteiger partial charge in [0.15, 0.2) is 0 Å². The number of rotatable bonds is 3. The number of hydrogen-bond donors (Lipinski definition) is 0. The van der Waals surface area contributed by atoms with Crippen molar-refractivity contribution in [1.29, 1.82) is 0 Å². The van der Waals surface area contributed by atoms with Crippen molar-refractivity contribution in [2.75, 3.05) is 26.3 Å². The van der Waals surface area contributed by atoms with E-state index in [1.165, 1.54) is 31.4 Å². The number of carbonyl (C=O) groups excluding carboxylic acids is 1. The average Bonchev–Trinajstić information content (AvgIpc) is 2.93. The molecule has 6 nitrogen and oxygen atoms in total. The third-order valence-electron chi connectivity index (χ3n) is 5.08. The van der Waals surface area contributed by atoms with Crippen LogP contribution in [-0.4, -0.2) is 47.3 Å². The number of nitrogens with zero attached hydrogens (tertiary/aromatic N) is 3. The van der Waals surface area contributed by atoms with Crippen LogP contribution in [0.4, 0.5) is 4.39 Å². The molecule has 1 saturated heterocycles. The maximum Gasteiger partial charge on any atom is 0.295 e. The SMILES string of the molecule is O=C(c1noc(-c2cccc(F)c2)n1)N1CCOCC(C2CCC2)C1. The van der Waals surface area contributed by atoms with Crippen molar-refractivity contribution >= 4 is 5.91 Å². The Labute approximate surface area is 145 Å². The lowest BCUT2D eigenvalue weighted by Gasteiger charge is -2.34. The molecule has 2 heterocycles. The van der Waals surface area contributed by atoms with Crippen molar-refractivity contribution in [3.8, 4) is 11.5 Å². The second kappa shape index (κ2) is 6.92. The van der Waals surface area contributed by atoms with Gasteiger partial charge in [-0.2, -0.15) is 4.98 Å². The monoisotopic (exact) mass is 345 g/mol. The number of aromatic nitrogens is 2. The molecule has 1 aliphatic carbocycles. The summed E-state index contributed by atoms with van der Waals surface area (Å²) in [6.07, 6.45) is 3.68. The molecule has 7 heteroatoms. The first kappa shape index (κ1) is 16.2. The lowest BCUT2D eigenvalue weighted by molar-refractivity contribution is 0.0675. The predicted octanol–water partition coefficient (Wildman–Crippen LogP) is 2.76. The summed E-state index contributed by atoms with van der Waals surface area (Å²) in [6.45, 7) is 2.40. The highest BCUT2D eigenvalue weighted by Gasteiger charge is 2.33. The van der Waals surface area contributed by atoms with Crippen molar-refractivity contribution in [1.82, 2.24) is 15.0 Å². The minimum absolute atomic E-state index is 0.00789. The number of ether oxygens (including phenoxy) is 1. The van der Waals surface area contributed by atoms with Crippen LogP contribution in [0.5, 0.6) is 0 Å². The summed E-state index contributed by atoms with van der Waals surface area (Å²) in [4.78, 5) is 18.7. The standard InChI is InChI=1S/C18H20FN3O3/c19-15-6-2-5-13(9-15)17-20-16(21-25-17)18(23)22-7-8-24-11-14(10-22)12-3-1-4-12/h2,5-6,9,12,14H,1,3-4,7-8,10-11H2. The number of halogens is 1. The molecule has 1 aromatic carbocycles. The number of amides is 1. The van der Waals surface area contributed by atoms with Gasteiger partial charge < -0.3 is 14.2 Å². The van der Waals surface area contributed by atoms with E-state index in [9.17, 15) is 9.18 Å². The Morgan fingerprint density at radius 3 is 2.92 bits per heavy atom. The van der Waals surface area contributed by atoms with Crippen LogP contribution >= 0.6 is 0 Å². The fourth-order valence-corrected chi connectivity index (χ4v) is 3.41. The number of hydrogen-bond acceptors (Lipinski definition) is 5. The lowest BCUT2D eigenvalue weighted by Crippen LogP contribution is -2.39. The van der Waals surface area contributed by atoms with Crippen LogP contribution in [0.2, 0.25) is 0 Å². The Bertz CT molecular complexity index is 760. The molecule has 1 unspecified atom stereocenters. The van der Waals surface area contributed by atoms with Crippen LogP contribution in [0, 0.1) is 17.7 Å². The molecule has 132 valence electrons. The molecule has 2 aromatic rings. The van der Waals surface area contributed by atoms with Crippen molar-refractivity contribution in [3.63, 3.8) is 0 Å². The minimum atomic E-state index is -0.392. The molecule has 0 radical (unpaired) electrons. The van der Waals surface area contributed by atoms with E-state index in [1.54, 1.807) is 17.0 Å². The lowest BCUT2D eigenvalue weighted by atomic mass is 9.76. The average molecular weight is 345 g/mol. The van der Waals surface area contributed by atoms with Crippen molar-refractivity contribution in [3.05, 3.63) is 35.9 Å². The van der Waals surface area contributed by atoms with Crippen LogP contribution in [0.15, 0.2) is 28.8 Å². The van der Waals surface area contributed by atoms with Gasteiger partial charge >= 0.3 is 0 Å². The summed E-state index contributed by atoms with van der Waals surface area (Å²) in [5.74, 6) is 0.507. The van der Waals surface area contributed by atoms with E-state index in [0.29, 0.717) is 43.7 Å². The molecule has 0 bridgehead atoms. The molecule has 1 saturated carbocycles. The molecule has 1 atom stereocenters. The topological polar surface area (TPSA) is 68.5 Å². The molecule has 0 spiro atoms. The first-order chi connectivity index (χ1) is 12.2. The summed E-state index contributed by atoms with van der Waals surface area (Å²) >= 11 is 0. The summed E-state index contributed by atoms with van der Waals surface area (Å²) < 4.78 is 24.2. The van der Waals surface area contributed by atoms with E-state index in [1.807, 2.05) is 0 Å². The van der Waals surface area contributed by atoms with Crippen LogP contribution < -0.4 is 0 Å². The van der Waals surface area contributed by atoms with E-state index >= 15 is 0 Å². The Morgan fingerprint density at radius 1 is 1.28 bits per heavy atom. The molecule has 1 aromatic heterocycles. The molecule has 1 aliphatic heterocycles. The van der Waals surface area contributed by atoms with Gasteiger partial charge in [-0.3, -0.25) is 4.79 Å². The highest BCUT2D eigenvalue weighted by atomic mass is 19.1. The van der Waals surface area contributed by atoms with E-state index in [2.05, 4.69) is 10.1 Å². The largest absolute Gasteiger partial charge is 0.379 e. The van der Waals surface area contributed by atoms with Gasteiger partial charge in [0, 0.05) is 24.6 Å². The van der Waals surface area contributed by atoms with Gasteiger partial charge in [0.25, 0.3) is 17.6 Å². The van der Waals surface area contributed by atoms with Gasteiger partial charge in [-0.05, 0) is 24.1 Å². The second-order valence-electron chi connectivity index (χ2n) is 6.71. The maximum atomic E-state index is 13.3. The second-order valence-corrected chi connectivity index (χ2v) is 6.71. The zero-order valence-corrected chi connectivity index (χ0v) is 13.9. The first-order valence-electron chi connectivity index (χ1n) is 8.67. The predicted molar refractivity (Wildman–Crippen MR) is 87.2 cm³/mol. The smallest absolute Gasteiger partial charge is 0.295 e. The van der Waals surface area contributed by atoms with Gasteiger partial charge in [-0.25, -0.2) is 4.39 Å². The highest BCUT2D eigenvalue weighted by Crippen LogP contribution is 2.35. The number of carbonyl (C=O) groups is 1. The first-order valence-corrected chi connectivity index (χ1v) is 8.67. The van der Waals surface area contributed by atoms with E-state index in [4.69, 9.17) is 9.26 Å². The summed E-state index contributed by atoms with van der Waals surface area (Å²) in [5, 5.41) is 3.79. The van der Waals surface area contributed by atoms with E-state index in [0.717, 1.165) is 0 Å². The molecule has 2 fully saturated rings. The number of benzene rings is 1. The van der Waals surface area contributed by atoms with E-state index < -0.39 is 5.82 Å². The molecular formula is C18H20FN3O3. The summed E-state index contributed by atoms with van der Waals surface area (Å²) in [5.41, 5.74) is 0.457. The third-order valence-corrected chi connectivity index (χ3v) is 5.08. The van der Waals surface area contributed by atoms with Crippen LogP contribution in [-0.2, 0) is 4.74 Å². The van der Waals surface area contributed by atoms with Crippen LogP contribution in [0.25, 0.3) is 11.5 Å². The van der Waals surface area contributed by atoms with Crippen molar-refractivity contribution < 1.29 is 18.4 Å². The third kappa shape index (κ3) is 3.42. The zero-order chi connectivity index (χ0) is 17.2. The Balaban J connectivity index is 1.50. The van der Waals surface area contributed by atoms with Gasteiger partial charge in [-0.15, -0.1) is 0 Å². The van der Waals surface area contributed by atoms with Gasteiger partial charge in [-0.1, -0.05) is 30.5 Å². The summed E-state index contributed by atoms with van der Waals surface area (Å²) in [7, 11) is 0. The van der Waals surface area contributed by atoms with Crippen molar-refractivity contribution in [2.24, 2.45) is 11.8 Å². The minimum Gasteiger partial charge on any atom is -0.379 e. The zero-order valence-electron chi connectivity index (χ0n) is 13.9. The molecule has 1 amide bonds. The van der Waals surface area contributed by atoms with E-state index in [-0.39, 0.29) is 17.6 Å². The maximum absolute atomic E-state index is 13.3. The van der Waals surface area contributed by atoms with Gasteiger partial charge in [0.05, 0.1) is 13.2 Å². The molecule has 0 N–H and O–H groups in total. The normalized spacial score (nSPS) is 21.6. The van der Waals surface area contributed by atoms with Crippen LogP contribution in [0.1, 0.15) is 29.9 Å². The van der Waals surface area contributed by atoms with Crippen LogP contribution in [0.3, 0.4) is 0 Å². The molecule has 2 aliphatic rings. The fourth-order valence-electron chi connectivity index (χ4n) is 3.41. The summed E-state index contributed by atoms with van der Waals surface area (Å²) in [6, 6.07) is 5.86. The molecule has 25 heavy (non-hydrogen) atoms. The molecular weight excluding hydrogens is 325 g/mol. The van der Waals surface area contributed by atoms with Gasteiger partial charge in [0.2, 0.25) is 0 Å².